The van der Waals surface area contributed by atoms with Crippen molar-refractivity contribution in [2.45, 2.75) is 40.3 Å². The average Bonchev–Trinajstić information content (AvgIpc) is 3.16. The van der Waals surface area contributed by atoms with Crippen LogP contribution in [0.3, 0.4) is 0 Å². The van der Waals surface area contributed by atoms with Crippen LogP contribution in [0, 0.1) is 12.8 Å². The maximum absolute atomic E-state index is 5.93. The van der Waals surface area contributed by atoms with E-state index in [9.17, 15) is 0 Å². The molecular weight excluding hydrogens is 505 g/mol. The van der Waals surface area contributed by atoms with Gasteiger partial charge in [-0.2, -0.15) is 0 Å². The number of aromatic nitrogens is 3. The van der Waals surface area contributed by atoms with E-state index in [4.69, 9.17) is 9.73 Å². The van der Waals surface area contributed by atoms with E-state index in [1.807, 2.05) is 30.0 Å². The molecule has 1 fully saturated rings. The predicted molar refractivity (Wildman–Crippen MR) is 135 cm³/mol. The molecule has 31 heavy (non-hydrogen) atoms. The first kappa shape index (κ1) is 25.5. The number of ether oxygens (including phenoxy) is 1. The highest BCUT2D eigenvalue weighted by molar-refractivity contribution is 14.0. The van der Waals surface area contributed by atoms with Crippen LogP contribution in [-0.2, 0) is 11.3 Å². The van der Waals surface area contributed by atoms with E-state index in [2.05, 4.69) is 52.3 Å². The van der Waals surface area contributed by atoms with Gasteiger partial charge >= 0.3 is 0 Å². The quantitative estimate of drug-likeness (QED) is 0.304. The van der Waals surface area contributed by atoms with E-state index in [-0.39, 0.29) is 30.1 Å². The number of hydrogen-bond donors (Lipinski definition) is 2. The normalized spacial score (nSPS) is 17.5. The van der Waals surface area contributed by atoms with Crippen molar-refractivity contribution in [2.75, 3.05) is 39.3 Å². The molecule has 0 aliphatic carbocycles. The smallest absolute Gasteiger partial charge is 0.191 e. The fraction of sp³-hybridized carbons (Fsp3) is 0.591. The number of hydrogen-bond acceptors (Lipinski definition) is 5. The lowest BCUT2D eigenvalue weighted by Gasteiger charge is -2.34. The molecule has 2 aromatic rings. The van der Waals surface area contributed by atoms with Crippen LogP contribution in [0.15, 0.2) is 35.7 Å². The van der Waals surface area contributed by atoms with E-state index in [0.29, 0.717) is 12.5 Å². The number of morpholine rings is 1. The Morgan fingerprint density at radius 1 is 1.29 bits per heavy atom. The molecule has 1 atom stereocenters. The summed E-state index contributed by atoms with van der Waals surface area (Å²) >= 11 is 0. The third-order valence-electron chi connectivity index (χ3n) is 4.99. The van der Waals surface area contributed by atoms with Crippen LogP contribution in [0.2, 0.25) is 0 Å². The highest BCUT2D eigenvalue weighted by Crippen LogP contribution is 2.10. The van der Waals surface area contributed by atoms with Gasteiger partial charge in [0.05, 0.1) is 19.3 Å². The first-order valence-corrected chi connectivity index (χ1v) is 10.9. The van der Waals surface area contributed by atoms with Gasteiger partial charge in [0.1, 0.15) is 11.6 Å². The molecule has 0 aromatic carbocycles. The van der Waals surface area contributed by atoms with Crippen LogP contribution < -0.4 is 10.6 Å². The number of guanidine groups is 1. The molecule has 1 saturated heterocycles. The standard InChI is InChI=1S/C22H35N7O.HI/c1-5-23-22(27-14-20-16-28(10-11-30-20)15-17(2)3)26-13-19-6-7-21(25-12-19)29-9-8-24-18(29)4;/h6-9,12,17,20H,5,10-11,13-16H2,1-4H3,(H2,23,26,27);1H. The van der Waals surface area contributed by atoms with E-state index >= 15 is 0 Å². The van der Waals surface area contributed by atoms with Crippen LogP contribution in [0.4, 0.5) is 0 Å². The Morgan fingerprint density at radius 2 is 2.13 bits per heavy atom. The van der Waals surface area contributed by atoms with E-state index in [1.165, 1.54) is 0 Å². The lowest BCUT2D eigenvalue weighted by atomic mass is 10.2. The molecule has 172 valence electrons. The molecule has 1 aliphatic rings. The fourth-order valence-electron chi connectivity index (χ4n) is 3.58. The number of aryl methyl sites for hydroxylation is 1. The predicted octanol–water partition coefficient (Wildman–Crippen LogP) is 2.61. The van der Waals surface area contributed by atoms with Gasteiger partial charge in [-0.3, -0.25) is 9.47 Å². The third-order valence-corrected chi connectivity index (χ3v) is 4.99. The average molecular weight is 541 g/mol. The van der Waals surface area contributed by atoms with Crippen molar-refractivity contribution in [1.29, 1.82) is 0 Å². The van der Waals surface area contributed by atoms with Gasteiger partial charge < -0.3 is 15.4 Å². The molecule has 0 saturated carbocycles. The molecule has 0 bridgehead atoms. The van der Waals surface area contributed by atoms with Gasteiger partial charge in [0, 0.05) is 51.3 Å². The molecule has 9 heteroatoms. The van der Waals surface area contributed by atoms with Crippen LogP contribution in [-0.4, -0.2) is 70.8 Å². The summed E-state index contributed by atoms with van der Waals surface area (Å²) in [6, 6.07) is 4.06. The third kappa shape index (κ3) is 8.04. The maximum atomic E-state index is 5.93. The fourth-order valence-corrected chi connectivity index (χ4v) is 3.58. The second kappa shape index (κ2) is 13.0. The summed E-state index contributed by atoms with van der Waals surface area (Å²) in [7, 11) is 0. The number of imidazole rings is 1. The Labute approximate surface area is 202 Å². The van der Waals surface area contributed by atoms with Crippen LogP contribution in [0.5, 0.6) is 0 Å². The van der Waals surface area contributed by atoms with Crippen molar-refractivity contribution < 1.29 is 4.74 Å². The van der Waals surface area contributed by atoms with Crippen molar-refractivity contribution in [1.82, 2.24) is 30.1 Å². The van der Waals surface area contributed by atoms with Crippen LogP contribution in [0.25, 0.3) is 5.82 Å². The van der Waals surface area contributed by atoms with E-state index < -0.39 is 0 Å². The van der Waals surface area contributed by atoms with Crippen molar-refractivity contribution in [2.24, 2.45) is 10.9 Å². The van der Waals surface area contributed by atoms with Gasteiger partial charge in [-0.1, -0.05) is 19.9 Å². The number of halogens is 1. The summed E-state index contributed by atoms with van der Waals surface area (Å²) in [5.41, 5.74) is 1.06. The van der Waals surface area contributed by atoms with Gasteiger partial charge in [0.2, 0.25) is 0 Å². The summed E-state index contributed by atoms with van der Waals surface area (Å²) in [5.74, 6) is 3.26. The van der Waals surface area contributed by atoms with Gasteiger partial charge in [0.15, 0.2) is 5.96 Å². The molecule has 3 rings (SSSR count). The number of aliphatic imine (C=N–C) groups is 1. The lowest BCUT2D eigenvalue weighted by Crippen LogP contribution is -2.50. The van der Waals surface area contributed by atoms with Gasteiger partial charge in [-0.15, -0.1) is 24.0 Å². The monoisotopic (exact) mass is 541 g/mol. The summed E-state index contributed by atoms with van der Waals surface area (Å²) in [6.07, 6.45) is 5.75. The minimum absolute atomic E-state index is 0. The van der Waals surface area contributed by atoms with Crippen molar-refractivity contribution in [3.05, 3.63) is 42.1 Å². The molecule has 1 unspecified atom stereocenters. The Bertz CT molecular complexity index is 806. The number of pyridine rings is 1. The van der Waals surface area contributed by atoms with Crippen molar-refractivity contribution in [3.8, 4) is 5.82 Å². The Kier molecular flexibility index (Phi) is 10.7. The largest absolute Gasteiger partial charge is 0.374 e. The second-order valence-electron chi connectivity index (χ2n) is 8.09. The molecule has 0 spiro atoms. The SMILES string of the molecule is CCNC(=NCc1ccc(-n2ccnc2C)nc1)NCC1CN(CC(C)C)CCO1.I. The number of nitrogens with zero attached hydrogens (tertiary/aromatic N) is 5. The Morgan fingerprint density at radius 3 is 2.77 bits per heavy atom. The lowest BCUT2D eigenvalue weighted by molar-refractivity contribution is -0.0284. The molecule has 2 N–H and O–H groups in total. The highest BCUT2D eigenvalue weighted by atomic mass is 127. The Hall–Kier alpha value is -1.72. The first-order chi connectivity index (χ1) is 14.5. The number of rotatable bonds is 8. The molecule has 0 radical (unpaired) electrons. The minimum Gasteiger partial charge on any atom is -0.374 e. The summed E-state index contributed by atoms with van der Waals surface area (Å²) in [5, 5.41) is 6.74. The van der Waals surface area contributed by atoms with Gasteiger partial charge in [-0.05, 0) is 31.4 Å². The summed E-state index contributed by atoms with van der Waals surface area (Å²) in [6.45, 7) is 14.6. The second-order valence-corrected chi connectivity index (χ2v) is 8.09. The zero-order valence-corrected chi connectivity index (χ0v) is 21.4. The molecule has 1 aliphatic heterocycles. The molecule has 0 amide bonds. The molecular formula is C22H36IN7O. The first-order valence-electron chi connectivity index (χ1n) is 10.9. The molecule has 3 heterocycles. The van der Waals surface area contributed by atoms with Gasteiger partial charge in [0.25, 0.3) is 0 Å². The van der Waals surface area contributed by atoms with Crippen LogP contribution >= 0.6 is 24.0 Å². The maximum Gasteiger partial charge on any atom is 0.191 e. The van der Waals surface area contributed by atoms with E-state index in [0.717, 1.165) is 62.5 Å². The zero-order valence-electron chi connectivity index (χ0n) is 19.0. The van der Waals surface area contributed by atoms with Crippen molar-refractivity contribution >= 4 is 29.9 Å². The summed E-state index contributed by atoms with van der Waals surface area (Å²) < 4.78 is 7.90. The van der Waals surface area contributed by atoms with Gasteiger partial charge in [-0.25, -0.2) is 15.0 Å². The number of nitrogens with one attached hydrogen (secondary N) is 2. The highest BCUT2D eigenvalue weighted by Gasteiger charge is 2.21. The zero-order chi connectivity index (χ0) is 21.3. The Balaban J connectivity index is 0.00000341. The van der Waals surface area contributed by atoms with E-state index in [1.54, 1.807) is 6.20 Å². The summed E-state index contributed by atoms with van der Waals surface area (Å²) in [4.78, 5) is 16.0. The minimum atomic E-state index is 0. The molecule has 8 nitrogen and oxygen atoms in total. The van der Waals surface area contributed by atoms with Crippen molar-refractivity contribution in [3.63, 3.8) is 0 Å². The van der Waals surface area contributed by atoms with Crippen LogP contribution in [0.1, 0.15) is 32.2 Å². The topological polar surface area (TPSA) is 79.6 Å². The molecule has 2 aromatic heterocycles.